The first kappa shape index (κ1) is 14.4. The second-order valence-electron chi connectivity index (χ2n) is 4.62. The van der Waals surface area contributed by atoms with Crippen molar-refractivity contribution in [2.45, 2.75) is 32.4 Å². The average Bonchev–Trinajstić information content (AvgIpc) is 2.15. The lowest BCUT2D eigenvalue weighted by atomic mass is 10.1. The molecule has 1 heterocycles. The highest BCUT2D eigenvalue weighted by Gasteiger charge is 2.35. The fourth-order valence-electron chi connectivity index (χ4n) is 1.53. The Kier molecular flexibility index (Phi) is 4.13. The van der Waals surface area contributed by atoms with Crippen LogP contribution in [0.5, 0.6) is 0 Å². The highest BCUT2D eigenvalue weighted by molar-refractivity contribution is 7.87. The van der Waals surface area contributed by atoms with Crippen LogP contribution in [0.3, 0.4) is 0 Å². The summed E-state index contributed by atoms with van der Waals surface area (Å²) in [4.78, 5) is 10.6. The van der Waals surface area contributed by atoms with Gasteiger partial charge in [0.1, 0.15) is 6.04 Å². The Hall–Kier alpha value is -0.700. The molecule has 0 radical (unpaired) electrons. The summed E-state index contributed by atoms with van der Waals surface area (Å²) >= 11 is 0. The van der Waals surface area contributed by atoms with Crippen molar-refractivity contribution >= 4 is 16.2 Å². The molecule has 1 aliphatic heterocycles. The highest BCUT2D eigenvalue weighted by Crippen LogP contribution is 2.18. The smallest absolute Gasteiger partial charge is 0.321 e. The van der Waals surface area contributed by atoms with Crippen LogP contribution in [0.25, 0.3) is 0 Å². The van der Waals surface area contributed by atoms with Crippen LogP contribution < -0.4 is 4.72 Å². The van der Waals surface area contributed by atoms with Crippen LogP contribution in [0.2, 0.25) is 0 Å². The van der Waals surface area contributed by atoms with E-state index in [-0.39, 0.29) is 13.1 Å². The summed E-state index contributed by atoms with van der Waals surface area (Å²) in [5.41, 5.74) is -0.556. The van der Waals surface area contributed by atoms with Gasteiger partial charge in [0.15, 0.2) is 0 Å². The largest absolute Gasteiger partial charge is 0.480 e. The minimum atomic E-state index is -3.78. The number of aliphatic carboxylic acids is 1. The van der Waals surface area contributed by atoms with Crippen molar-refractivity contribution < 1.29 is 23.1 Å². The predicted molar refractivity (Wildman–Crippen MR) is 60.8 cm³/mol. The first-order chi connectivity index (χ1) is 7.64. The molecular weight excluding hydrogens is 248 g/mol. The SMILES string of the molecule is C[C@H](NS(=O)(=O)N1CCOC(C)(C)C1)C(=O)O. The van der Waals surface area contributed by atoms with E-state index >= 15 is 0 Å². The molecule has 0 saturated carbocycles. The van der Waals surface area contributed by atoms with Crippen molar-refractivity contribution in [1.29, 1.82) is 0 Å². The Bertz CT molecular complexity index is 392. The summed E-state index contributed by atoms with van der Waals surface area (Å²) in [6.45, 7) is 5.59. The van der Waals surface area contributed by atoms with E-state index in [4.69, 9.17) is 9.84 Å². The zero-order valence-electron chi connectivity index (χ0n) is 10.1. The molecule has 1 fully saturated rings. The number of nitrogens with one attached hydrogen (secondary N) is 1. The monoisotopic (exact) mass is 266 g/mol. The summed E-state index contributed by atoms with van der Waals surface area (Å²) in [7, 11) is -3.78. The lowest BCUT2D eigenvalue weighted by Gasteiger charge is -2.37. The van der Waals surface area contributed by atoms with E-state index < -0.39 is 27.8 Å². The molecule has 2 N–H and O–H groups in total. The fraction of sp³-hybridized carbons (Fsp3) is 0.889. The maximum Gasteiger partial charge on any atom is 0.321 e. The van der Waals surface area contributed by atoms with E-state index in [1.807, 2.05) is 0 Å². The quantitative estimate of drug-likeness (QED) is 0.708. The molecule has 1 saturated heterocycles. The molecule has 7 nitrogen and oxygen atoms in total. The van der Waals surface area contributed by atoms with Gasteiger partial charge in [0.05, 0.1) is 12.2 Å². The number of rotatable bonds is 4. The Morgan fingerprint density at radius 1 is 1.53 bits per heavy atom. The molecule has 17 heavy (non-hydrogen) atoms. The zero-order chi connectivity index (χ0) is 13.3. The molecule has 0 spiro atoms. The molecule has 8 heteroatoms. The first-order valence-corrected chi connectivity index (χ1v) is 6.72. The highest BCUT2D eigenvalue weighted by atomic mass is 32.2. The molecule has 0 aromatic carbocycles. The number of carboxylic acids is 1. The number of ether oxygens (including phenoxy) is 1. The number of morpholine rings is 1. The van der Waals surface area contributed by atoms with Gasteiger partial charge in [0, 0.05) is 13.1 Å². The molecule has 1 atom stereocenters. The van der Waals surface area contributed by atoms with Gasteiger partial charge in [-0.2, -0.15) is 17.4 Å². The molecule has 0 amide bonds. The van der Waals surface area contributed by atoms with Gasteiger partial charge < -0.3 is 9.84 Å². The van der Waals surface area contributed by atoms with Crippen LogP contribution in [-0.2, 0) is 19.7 Å². The lowest BCUT2D eigenvalue weighted by molar-refractivity contribution is -0.138. The number of nitrogens with zero attached hydrogens (tertiary/aromatic N) is 1. The minimum absolute atomic E-state index is 0.203. The summed E-state index contributed by atoms with van der Waals surface area (Å²) in [6, 6.07) is -1.15. The third kappa shape index (κ3) is 3.91. The predicted octanol–water partition coefficient (Wildman–Crippen LogP) is -0.595. The minimum Gasteiger partial charge on any atom is -0.480 e. The van der Waals surface area contributed by atoms with Crippen LogP contribution in [0.4, 0.5) is 0 Å². The van der Waals surface area contributed by atoms with Gasteiger partial charge >= 0.3 is 5.97 Å². The summed E-state index contributed by atoms with van der Waals surface area (Å²) < 4.78 is 32.5. The summed E-state index contributed by atoms with van der Waals surface area (Å²) in [5.74, 6) is -1.21. The van der Waals surface area contributed by atoms with Crippen molar-refractivity contribution in [2.24, 2.45) is 0 Å². The van der Waals surface area contributed by atoms with E-state index in [0.717, 1.165) is 0 Å². The van der Waals surface area contributed by atoms with Gasteiger partial charge in [-0.25, -0.2) is 0 Å². The molecule has 0 aromatic rings. The standard InChI is InChI=1S/C9H18N2O5S/c1-7(8(12)13)10-17(14,15)11-4-5-16-9(2,3)6-11/h7,10H,4-6H2,1-3H3,(H,12,13)/t7-/m0/s1. The van der Waals surface area contributed by atoms with Crippen molar-refractivity contribution in [3.05, 3.63) is 0 Å². The van der Waals surface area contributed by atoms with E-state index in [1.54, 1.807) is 13.8 Å². The molecule has 100 valence electrons. The van der Waals surface area contributed by atoms with Crippen LogP contribution in [0.15, 0.2) is 0 Å². The Morgan fingerprint density at radius 3 is 2.59 bits per heavy atom. The summed E-state index contributed by atoms with van der Waals surface area (Å²) in [6.07, 6.45) is 0. The van der Waals surface area contributed by atoms with Crippen LogP contribution >= 0.6 is 0 Å². The van der Waals surface area contributed by atoms with Gasteiger partial charge in [-0.15, -0.1) is 0 Å². The second-order valence-corrected chi connectivity index (χ2v) is 6.33. The molecule has 0 aromatic heterocycles. The third-order valence-corrected chi connectivity index (χ3v) is 4.07. The van der Waals surface area contributed by atoms with Gasteiger partial charge in [-0.1, -0.05) is 0 Å². The van der Waals surface area contributed by atoms with Crippen molar-refractivity contribution in [3.63, 3.8) is 0 Å². The zero-order valence-corrected chi connectivity index (χ0v) is 11.0. The van der Waals surface area contributed by atoms with Crippen molar-refractivity contribution in [2.75, 3.05) is 19.7 Å². The average molecular weight is 266 g/mol. The molecule has 1 aliphatic rings. The number of hydrogen-bond acceptors (Lipinski definition) is 4. The van der Waals surface area contributed by atoms with Gasteiger partial charge in [-0.3, -0.25) is 4.79 Å². The normalized spacial score (nSPS) is 23.2. The van der Waals surface area contributed by atoms with E-state index in [2.05, 4.69) is 4.72 Å². The Morgan fingerprint density at radius 2 is 2.12 bits per heavy atom. The molecule has 0 unspecified atom stereocenters. The molecule has 0 bridgehead atoms. The number of carbonyl (C=O) groups is 1. The number of carboxylic acid groups (broad SMARTS) is 1. The second kappa shape index (κ2) is 4.89. The molecule has 1 rings (SSSR count). The summed E-state index contributed by atoms with van der Waals surface area (Å²) in [5, 5.41) is 8.68. The van der Waals surface area contributed by atoms with Gasteiger partial charge in [0.2, 0.25) is 0 Å². The topological polar surface area (TPSA) is 95.9 Å². The van der Waals surface area contributed by atoms with Crippen molar-refractivity contribution in [3.8, 4) is 0 Å². The van der Waals surface area contributed by atoms with Crippen LogP contribution in [0, 0.1) is 0 Å². The maximum absolute atomic E-state index is 11.9. The Balaban J connectivity index is 2.74. The van der Waals surface area contributed by atoms with E-state index in [1.165, 1.54) is 11.2 Å². The first-order valence-electron chi connectivity index (χ1n) is 5.28. The fourth-order valence-corrected chi connectivity index (χ4v) is 3.02. The molecular formula is C9H18N2O5S. The third-order valence-electron chi connectivity index (χ3n) is 2.43. The van der Waals surface area contributed by atoms with Crippen LogP contribution in [0.1, 0.15) is 20.8 Å². The number of hydrogen-bond donors (Lipinski definition) is 2. The van der Waals surface area contributed by atoms with E-state index in [0.29, 0.717) is 6.61 Å². The van der Waals surface area contributed by atoms with Crippen molar-refractivity contribution in [1.82, 2.24) is 9.03 Å². The van der Waals surface area contributed by atoms with E-state index in [9.17, 15) is 13.2 Å². The van der Waals surface area contributed by atoms with Crippen LogP contribution in [-0.4, -0.2) is 55.1 Å². The Labute approximate surface area is 101 Å². The molecule has 0 aliphatic carbocycles. The maximum atomic E-state index is 11.9. The van der Waals surface area contributed by atoms with Gasteiger partial charge in [-0.05, 0) is 20.8 Å². The van der Waals surface area contributed by atoms with Gasteiger partial charge in [0.25, 0.3) is 10.2 Å². The lowest BCUT2D eigenvalue weighted by Crippen LogP contribution is -2.55.